The molecule has 0 amide bonds. The fourth-order valence-corrected chi connectivity index (χ4v) is 4.48. The summed E-state index contributed by atoms with van der Waals surface area (Å²) >= 11 is 0. The molecule has 0 bridgehead atoms. The van der Waals surface area contributed by atoms with Crippen LogP contribution in [0.4, 0.5) is 0 Å². The molecule has 0 radical (unpaired) electrons. The van der Waals surface area contributed by atoms with E-state index in [-0.39, 0.29) is 0 Å². The number of rotatable bonds is 4. The van der Waals surface area contributed by atoms with E-state index in [0.717, 1.165) is 6.54 Å². The first kappa shape index (κ1) is 14.8. The number of nitrogens with zero attached hydrogens (tertiary/aromatic N) is 1. The van der Waals surface area contributed by atoms with Crippen molar-refractivity contribution in [3.05, 3.63) is 0 Å². The summed E-state index contributed by atoms with van der Waals surface area (Å²) in [6.45, 7) is 7.04. The Morgan fingerprint density at radius 1 is 1.20 bits per heavy atom. The molecule has 0 aromatic carbocycles. The molecule has 3 heteroatoms. The second kappa shape index (κ2) is 6.76. The first-order valence-corrected chi connectivity index (χ1v) is 8.93. The largest absolute Gasteiger partial charge is 0.370 e. The molecule has 3 rings (SSSR count). The first-order chi connectivity index (χ1) is 9.80. The molecule has 2 unspecified atom stereocenters. The van der Waals surface area contributed by atoms with Crippen LogP contribution in [0, 0.1) is 0 Å². The third kappa shape index (κ3) is 3.55. The molecule has 3 aliphatic rings. The second-order valence-corrected chi connectivity index (χ2v) is 7.22. The minimum atomic E-state index is 0.291. The number of hydrogen-bond donors (Lipinski definition) is 1. The molecule has 1 spiro atoms. The Bertz CT molecular complexity index is 299. The zero-order chi connectivity index (χ0) is 13.8. The van der Waals surface area contributed by atoms with Gasteiger partial charge in [-0.05, 0) is 32.1 Å². The molecular weight excluding hydrogens is 248 g/mol. The van der Waals surface area contributed by atoms with Crippen LogP contribution in [0.1, 0.15) is 64.7 Å². The highest BCUT2D eigenvalue weighted by atomic mass is 16.5. The molecule has 1 aliphatic carbocycles. The molecule has 2 aliphatic heterocycles. The number of hydrogen-bond acceptors (Lipinski definition) is 3. The summed E-state index contributed by atoms with van der Waals surface area (Å²) in [6.07, 6.45) is 12.6. The summed E-state index contributed by atoms with van der Waals surface area (Å²) in [5.41, 5.74) is 0.291. The molecule has 3 nitrogen and oxygen atoms in total. The molecule has 0 aromatic rings. The second-order valence-electron chi connectivity index (χ2n) is 7.22. The highest BCUT2D eigenvalue weighted by Gasteiger charge is 2.41. The summed E-state index contributed by atoms with van der Waals surface area (Å²) < 4.78 is 6.53. The summed E-state index contributed by atoms with van der Waals surface area (Å²) in [5.74, 6) is 0. The van der Waals surface area contributed by atoms with Crippen LogP contribution in [0.25, 0.3) is 0 Å². The normalized spacial score (nSPS) is 34.6. The summed E-state index contributed by atoms with van der Waals surface area (Å²) in [7, 11) is 0. The van der Waals surface area contributed by atoms with E-state index in [1.54, 1.807) is 0 Å². The van der Waals surface area contributed by atoms with Crippen molar-refractivity contribution in [2.45, 2.75) is 82.5 Å². The van der Waals surface area contributed by atoms with Gasteiger partial charge in [0.05, 0.1) is 11.7 Å². The Kier molecular flexibility index (Phi) is 5.00. The van der Waals surface area contributed by atoms with Gasteiger partial charge in [-0.3, -0.25) is 4.90 Å². The third-order valence-corrected chi connectivity index (χ3v) is 5.54. The van der Waals surface area contributed by atoms with Crippen molar-refractivity contribution >= 4 is 0 Å². The Morgan fingerprint density at radius 3 is 2.85 bits per heavy atom. The van der Waals surface area contributed by atoms with Crippen LogP contribution < -0.4 is 5.32 Å². The van der Waals surface area contributed by atoms with Crippen molar-refractivity contribution in [3.63, 3.8) is 0 Å². The van der Waals surface area contributed by atoms with Crippen molar-refractivity contribution < 1.29 is 4.74 Å². The topological polar surface area (TPSA) is 24.5 Å². The molecule has 2 heterocycles. The van der Waals surface area contributed by atoms with Gasteiger partial charge in [0.15, 0.2) is 0 Å². The van der Waals surface area contributed by atoms with E-state index in [4.69, 9.17) is 4.74 Å². The zero-order valence-electron chi connectivity index (χ0n) is 13.2. The Morgan fingerprint density at radius 2 is 2.05 bits per heavy atom. The molecule has 116 valence electrons. The maximum Gasteiger partial charge on any atom is 0.0710 e. The smallest absolute Gasteiger partial charge is 0.0710 e. The molecule has 2 saturated heterocycles. The maximum absolute atomic E-state index is 6.53. The lowest BCUT2D eigenvalue weighted by molar-refractivity contribution is -0.0733. The maximum atomic E-state index is 6.53. The standard InChI is InChI=1S/C17H32N2O/c1-2-6-15-13-19(12-11-18-15)14-16-7-10-17(20-16)8-4-3-5-9-17/h15-16,18H,2-14H2,1H3. The lowest BCUT2D eigenvalue weighted by Gasteiger charge is -2.37. The molecule has 0 aromatic heterocycles. The Labute approximate surface area is 124 Å². The van der Waals surface area contributed by atoms with E-state index in [9.17, 15) is 0 Å². The average Bonchev–Trinajstić information content (AvgIpc) is 2.83. The number of nitrogens with one attached hydrogen (secondary N) is 1. The van der Waals surface area contributed by atoms with E-state index in [1.165, 1.54) is 77.4 Å². The van der Waals surface area contributed by atoms with Gasteiger partial charge in [0.2, 0.25) is 0 Å². The van der Waals surface area contributed by atoms with Crippen molar-refractivity contribution in [2.75, 3.05) is 26.2 Å². The Balaban J connectivity index is 1.46. The van der Waals surface area contributed by atoms with Crippen LogP contribution in [-0.2, 0) is 4.74 Å². The van der Waals surface area contributed by atoms with Gasteiger partial charge >= 0.3 is 0 Å². The minimum absolute atomic E-state index is 0.291. The Hall–Kier alpha value is -0.120. The lowest BCUT2D eigenvalue weighted by atomic mass is 9.83. The van der Waals surface area contributed by atoms with E-state index in [1.807, 2.05) is 0 Å². The highest BCUT2D eigenvalue weighted by molar-refractivity contribution is 4.92. The van der Waals surface area contributed by atoms with Crippen LogP contribution in [0.15, 0.2) is 0 Å². The van der Waals surface area contributed by atoms with Gasteiger partial charge in [-0.1, -0.05) is 32.6 Å². The monoisotopic (exact) mass is 280 g/mol. The quantitative estimate of drug-likeness (QED) is 0.857. The van der Waals surface area contributed by atoms with Crippen molar-refractivity contribution in [3.8, 4) is 0 Å². The summed E-state index contributed by atoms with van der Waals surface area (Å²) in [6, 6.07) is 0.707. The lowest BCUT2D eigenvalue weighted by Crippen LogP contribution is -2.52. The third-order valence-electron chi connectivity index (χ3n) is 5.54. The first-order valence-electron chi connectivity index (χ1n) is 8.93. The summed E-state index contributed by atoms with van der Waals surface area (Å²) in [4.78, 5) is 2.64. The van der Waals surface area contributed by atoms with Crippen molar-refractivity contribution in [1.82, 2.24) is 10.2 Å². The van der Waals surface area contributed by atoms with Gasteiger partial charge in [-0.2, -0.15) is 0 Å². The fraction of sp³-hybridized carbons (Fsp3) is 1.00. The molecule has 1 saturated carbocycles. The van der Waals surface area contributed by atoms with Crippen LogP contribution in [-0.4, -0.2) is 48.8 Å². The van der Waals surface area contributed by atoms with Gasteiger partial charge in [-0.25, -0.2) is 0 Å². The van der Waals surface area contributed by atoms with E-state index in [2.05, 4.69) is 17.1 Å². The van der Waals surface area contributed by atoms with Gasteiger partial charge in [-0.15, -0.1) is 0 Å². The van der Waals surface area contributed by atoms with Gasteiger partial charge in [0.1, 0.15) is 0 Å². The predicted octanol–water partition coefficient (Wildman–Crippen LogP) is 2.94. The van der Waals surface area contributed by atoms with Crippen LogP contribution >= 0.6 is 0 Å². The molecule has 3 fully saturated rings. The van der Waals surface area contributed by atoms with Gasteiger partial charge < -0.3 is 10.1 Å². The zero-order valence-corrected chi connectivity index (χ0v) is 13.2. The molecule has 2 atom stereocenters. The number of piperazine rings is 1. The van der Waals surface area contributed by atoms with Crippen LogP contribution in [0.5, 0.6) is 0 Å². The van der Waals surface area contributed by atoms with Gasteiger partial charge in [0, 0.05) is 32.2 Å². The predicted molar refractivity (Wildman–Crippen MR) is 83.1 cm³/mol. The van der Waals surface area contributed by atoms with E-state index < -0.39 is 0 Å². The number of ether oxygens (including phenoxy) is 1. The fourth-order valence-electron chi connectivity index (χ4n) is 4.48. The minimum Gasteiger partial charge on any atom is -0.370 e. The molecule has 1 N–H and O–H groups in total. The molecule has 20 heavy (non-hydrogen) atoms. The van der Waals surface area contributed by atoms with Crippen molar-refractivity contribution in [2.24, 2.45) is 0 Å². The van der Waals surface area contributed by atoms with Crippen LogP contribution in [0.3, 0.4) is 0 Å². The summed E-state index contributed by atoms with van der Waals surface area (Å²) in [5, 5.41) is 3.65. The van der Waals surface area contributed by atoms with Gasteiger partial charge in [0.25, 0.3) is 0 Å². The average molecular weight is 280 g/mol. The SMILES string of the molecule is CCCC1CN(CC2CCC3(CCCCC3)O2)CCN1. The molecular formula is C17H32N2O. The van der Waals surface area contributed by atoms with Crippen molar-refractivity contribution in [1.29, 1.82) is 0 Å². The van der Waals surface area contributed by atoms with E-state index in [0.29, 0.717) is 17.7 Å². The van der Waals surface area contributed by atoms with E-state index >= 15 is 0 Å². The highest BCUT2D eigenvalue weighted by Crippen LogP contribution is 2.42. The van der Waals surface area contributed by atoms with Crippen LogP contribution in [0.2, 0.25) is 0 Å².